The molecule has 0 bridgehead atoms. The van der Waals surface area contributed by atoms with E-state index < -0.39 is 0 Å². The highest BCUT2D eigenvalue weighted by atomic mass is 19.1. The third-order valence-corrected chi connectivity index (χ3v) is 6.15. The number of aromatic nitrogens is 2. The molecule has 1 aliphatic heterocycles. The standard InChI is InChI=1S/C26H31FN4O2/c1-19(2)20-8-10-21(11-9-20)26-28-24(33-29-26)12-13-25(32)31-15-5-14-30(16-17-31)18-22-6-3-4-7-23(22)27/h3-4,6-11,19H,5,12-18H2,1-2H3. The fraction of sp³-hybridized carbons (Fsp3) is 0.423. The summed E-state index contributed by atoms with van der Waals surface area (Å²) >= 11 is 0. The Kier molecular flexibility index (Phi) is 7.50. The number of hydrogen-bond acceptors (Lipinski definition) is 5. The van der Waals surface area contributed by atoms with Crippen LogP contribution >= 0.6 is 0 Å². The lowest BCUT2D eigenvalue weighted by atomic mass is 10.0. The van der Waals surface area contributed by atoms with Crippen molar-refractivity contribution in [3.05, 3.63) is 71.4 Å². The topological polar surface area (TPSA) is 62.5 Å². The molecule has 1 amide bonds. The zero-order valence-electron chi connectivity index (χ0n) is 19.3. The van der Waals surface area contributed by atoms with Gasteiger partial charge in [0, 0.05) is 56.7 Å². The van der Waals surface area contributed by atoms with E-state index in [0.29, 0.717) is 55.7 Å². The van der Waals surface area contributed by atoms with Crippen LogP contribution < -0.4 is 0 Å². The minimum absolute atomic E-state index is 0.0868. The average molecular weight is 451 g/mol. The number of benzene rings is 2. The van der Waals surface area contributed by atoms with E-state index in [1.165, 1.54) is 11.6 Å². The molecule has 0 N–H and O–H groups in total. The third kappa shape index (κ3) is 6.05. The second-order valence-electron chi connectivity index (χ2n) is 8.89. The normalized spacial score (nSPS) is 15.1. The zero-order valence-corrected chi connectivity index (χ0v) is 19.3. The van der Waals surface area contributed by atoms with Crippen LogP contribution in [0.15, 0.2) is 53.1 Å². The van der Waals surface area contributed by atoms with Gasteiger partial charge in [-0.05, 0) is 24.0 Å². The minimum atomic E-state index is -0.176. The smallest absolute Gasteiger partial charge is 0.227 e. The Morgan fingerprint density at radius 1 is 1.06 bits per heavy atom. The van der Waals surface area contributed by atoms with Crippen LogP contribution in [0.25, 0.3) is 11.4 Å². The van der Waals surface area contributed by atoms with E-state index in [4.69, 9.17) is 4.52 Å². The largest absolute Gasteiger partial charge is 0.341 e. The Morgan fingerprint density at radius 2 is 1.85 bits per heavy atom. The molecule has 1 aliphatic rings. The van der Waals surface area contributed by atoms with E-state index in [-0.39, 0.29) is 11.7 Å². The Balaban J connectivity index is 1.27. The summed E-state index contributed by atoms with van der Waals surface area (Å²) in [6, 6.07) is 15.0. The van der Waals surface area contributed by atoms with Crippen molar-refractivity contribution in [1.82, 2.24) is 19.9 Å². The van der Waals surface area contributed by atoms with Crippen LogP contribution in [0.1, 0.15) is 49.6 Å². The molecular weight excluding hydrogens is 419 g/mol. The quantitative estimate of drug-likeness (QED) is 0.524. The van der Waals surface area contributed by atoms with E-state index in [9.17, 15) is 9.18 Å². The van der Waals surface area contributed by atoms with Crippen molar-refractivity contribution in [1.29, 1.82) is 0 Å². The number of aryl methyl sites for hydroxylation is 1. The minimum Gasteiger partial charge on any atom is -0.341 e. The number of halogens is 1. The van der Waals surface area contributed by atoms with Gasteiger partial charge in [-0.3, -0.25) is 9.69 Å². The van der Waals surface area contributed by atoms with Crippen LogP contribution in [-0.4, -0.2) is 52.0 Å². The van der Waals surface area contributed by atoms with Gasteiger partial charge in [-0.1, -0.05) is 61.5 Å². The number of hydrogen-bond donors (Lipinski definition) is 0. The number of rotatable bonds is 7. The van der Waals surface area contributed by atoms with Gasteiger partial charge in [0.2, 0.25) is 17.6 Å². The monoisotopic (exact) mass is 450 g/mol. The van der Waals surface area contributed by atoms with Crippen molar-refractivity contribution in [2.45, 2.75) is 45.6 Å². The maximum Gasteiger partial charge on any atom is 0.227 e. The van der Waals surface area contributed by atoms with E-state index in [1.807, 2.05) is 29.2 Å². The first-order valence-corrected chi connectivity index (χ1v) is 11.7. The fourth-order valence-electron chi connectivity index (χ4n) is 4.11. The maximum atomic E-state index is 14.0. The summed E-state index contributed by atoms with van der Waals surface area (Å²) in [4.78, 5) is 21.3. The molecular formula is C26H31FN4O2. The molecule has 1 aromatic heterocycles. The number of carbonyl (C=O) groups excluding carboxylic acids is 1. The lowest BCUT2D eigenvalue weighted by molar-refractivity contribution is -0.131. The van der Waals surface area contributed by atoms with Gasteiger partial charge >= 0.3 is 0 Å². The molecule has 4 rings (SSSR count). The Morgan fingerprint density at radius 3 is 2.61 bits per heavy atom. The molecule has 1 saturated heterocycles. The Bertz CT molecular complexity index is 1060. The molecule has 0 saturated carbocycles. The van der Waals surface area contributed by atoms with Gasteiger partial charge in [-0.25, -0.2) is 4.39 Å². The second-order valence-corrected chi connectivity index (χ2v) is 8.89. The second kappa shape index (κ2) is 10.7. The van der Waals surface area contributed by atoms with Gasteiger partial charge in [0.25, 0.3) is 0 Å². The van der Waals surface area contributed by atoms with Gasteiger partial charge < -0.3 is 9.42 Å². The van der Waals surface area contributed by atoms with Crippen LogP contribution in [0.2, 0.25) is 0 Å². The summed E-state index contributed by atoms with van der Waals surface area (Å²) in [5.41, 5.74) is 2.87. The molecule has 3 aromatic rings. The molecule has 0 spiro atoms. The van der Waals surface area contributed by atoms with E-state index in [1.54, 1.807) is 6.07 Å². The van der Waals surface area contributed by atoms with Gasteiger partial charge in [0.15, 0.2) is 0 Å². The molecule has 0 unspecified atom stereocenters. The molecule has 174 valence electrons. The summed E-state index contributed by atoms with van der Waals surface area (Å²) in [5, 5.41) is 4.08. The lowest BCUT2D eigenvalue weighted by Gasteiger charge is -2.22. The van der Waals surface area contributed by atoms with Crippen LogP contribution in [0, 0.1) is 5.82 Å². The molecule has 1 fully saturated rings. The maximum absolute atomic E-state index is 14.0. The van der Waals surface area contributed by atoms with E-state index >= 15 is 0 Å². The van der Waals surface area contributed by atoms with Crippen molar-refractivity contribution < 1.29 is 13.7 Å². The predicted molar refractivity (Wildman–Crippen MR) is 125 cm³/mol. The van der Waals surface area contributed by atoms with Gasteiger partial charge in [-0.2, -0.15) is 4.98 Å². The van der Waals surface area contributed by atoms with Crippen LogP contribution in [0.4, 0.5) is 4.39 Å². The highest BCUT2D eigenvalue weighted by molar-refractivity contribution is 5.76. The van der Waals surface area contributed by atoms with E-state index in [0.717, 1.165) is 25.1 Å². The third-order valence-electron chi connectivity index (χ3n) is 6.15. The van der Waals surface area contributed by atoms with Gasteiger partial charge in [0.1, 0.15) is 5.82 Å². The summed E-state index contributed by atoms with van der Waals surface area (Å²) in [6.45, 7) is 7.82. The first kappa shape index (κ1) is 23.1. The molecule has 0 radical (unpaired) electrons. The fourth-order valence-corrected chi connectivity index (χ4v) is 4.11. The Labute approximate surface area is 194 Å². The molecule has 33 heavy (non-hydrogen) atoms. The molecule has 7 heteroatoms. The molecule has 6 nitrogen and oxygen atoms in total. The summed E-state index contributed by atoms with van der Waals surface area (Å²) in [7, 11) is 0. The van der Waals surface area contributed by atoms with Crippen molar-refractivity contribution in [3.63, 3.8) is 0 Å². The number of nitrogens with zero attached hydrogens (tertiary/aromatic N) is 4. The van der Waals surface area contributed by atoms with Crippen molar-refractivity contribution in [2.24, 2.45) is 0 Å². The van der Waals surface area contributed by atoms with Crippen LogP contribution in [-0.2, 0) is 17.8 Å². The molecule has 2 aromatic carbocycles. The van der Waals surface area contributed by atoms with Gasteiger partial charge in [0.05, 0.1) is 0 Å². The van der Waals surface area contributed by atoms with Crippen molar-refractivity contribution in [2.75, 3.05) is 26.2 Å². The first-order valence-electron chi connectivity index (χ1n) is 11.7. The Hall–Kier alpha value is -3.06. The number of amides is 1. The summed E-state index contributed by atoms with van der Waals surface area (Å²) < 4.78 is 19.3. The van der Waals surface area contributed by atoms with Gasteiger partial charge in [-0.15, -0.1) is 0 Å². The molecule has 2 heterocycles. The molecule has 0 aliphatic carbocycles. The SMILES string of the molecule is CC(C)c1ccc(-c2noc(CCC(=O)N3CCCN(Cc4ccccc4F)CC3)n2)cc1. The van der Waals surface area contributed by atoms with Crippen molar-refractivity contribution >= 4 is 5.91 Å². The van der Waals surface area contributed by atoms with Crippen LogP contribution in [0.5, 0.6) is 0 Å². The highest BCUT2D eigenvalue weighted by Gasteiger charge is 2.20. The summed E-state index contributed by atoms with van der Waals surface area (Å²) in [6.07, 6.45) is 1.63. The van der Waals surface area contributed by atoms with Crippen LogP contribution in [0.3, 0.4) is 0 Å². The summed E-state index contributed by atoms with van der Waals surface area (Å²) in [5.74, 6) is 1.40. The number of carbonyl (C=O) groups is 1. The lowest BCUT2D eigenvalue weighted by Crippen LogP contribution is -2.35. The van der Waals surface area contributed by atoms with Crippen molar-refractivity contribution in [3.8, 4) is 11.4 Å². The van der Waals surface area contributed by atoms with E-state index in [2.05, 4.69) is 41.0 Å². The predicted octanol–water partition coefficient (Wildman–Crippen LogP) is 4.67. The first-order chi connectivity index (χ1) is 16.0. The molecule has 0 atom stereocenters. The highest BCUT2D eigenvalue weighted by Crippen LogP contribution is 2.21. The average Bonchev–Trinajstić information content (AvgIpc) is 3.17. The zero-order chi connectivity index (χ0) is 23.2.